The van der Waals surface area contributed by atoms with E-state index in [2.05, 4.69) is 19.9 Å². The van der Waals surface area contributed by atoms with Crippen LogP contribution in [0.15, 0.2) is 36.8 Å². The van der Waals surface area contributed by atoms with Crippen LogP contribution in [0.25, 0.3) is 0 Å². The normalized spacial score (nSPS) is 17.4. The van der Waals surface area contributed by atoms with Gasteiger partial charge in [0.05, 0.1) is 5.56 Å². The second-order valence-corrected chi connectivity index (χ2v) is 7.23. The first-order chi connectivity index (χ1) is 14.1. The molecule has 4 rings (SSSR count). The Morgan fingerprint density at radius 1 is 0.793 bits per heavy atom. The van der Waals surface area contributed by atoms with Crippen molar-refractivity contribution < 1.29 is 9.59 Å². The van der Waals surface area contributed by atoms with Crippen LogP contribution in [0.3, 0.4) is 0 Å². The summed E-state index contributed by atoms with van der Waals surface area (Å²) in [6, 6.07) is 5.86. The van der Waals surface area contributed by atoms with E-state index in [1.807, 2.05) is 32.9 Å². The molecule has 0 N–H and O–H groups in total. The molecular formula is C20H25N7O2. The maximum atomic E-state index is 12.8. The van der Waals surface area contributed by atoms with Crippen molar-refractivity contribution in [3.05, 3.63) is 42.4 Å². The zero-order valence-corrected chi connectivity index (χ0v) is 16.6. The second kappa shape index (κ2) is 8.42. The lowest BCUT2D eigenvalue weighted by Crippen LogP contribution is -2.49. The predicted molar refractivity (Wildman–Crippen MR) is 109 cm³/mol. The number of anilines is 2. The fraction of sp³-hybridized carbons (Fsp3) is 0.450. The third kappa shape index (κ3) is 4.28. The van der Waals surface area contributed by atoms with Gasteiger partial charge in [0.1, 0.15) is 5.82 Å². The van der Waals surface area contributed by atoms with Crippen molar-refractivity contribution in [2.24, 2.45) is 0 Å². The van der Waals surface area contributed by atoms with Crippen LogP contribution in [0.4, 0.5) is 11.8 Å². The van der Waals surface area contributed by atoms with E-state index in [4.69, 9.17) is 0 Å². The molecule has 2 amide bonds. The van der Waals surface area contributed by atoms with Crippen LogP contribution in [0.1, 0.15) is 17.3 Å². The Hall–Kier alpha value is -3.23. The number of pyridine rings is 1. The van der Waals surface area contributed by atoms with Gasteiger partial charge < -0.3 is 19.6 Å². The van der Waals surface area contributed by atoms with E-state index < -0.39 is 0 Å². The summed E-state index contributed by atoms with van der Waals surface area (Å²) in [5, 5.41) is 0. The molecule has 0 aliphatic carbocycles. The molecule has 0 spiro atoms. The Morgan fingerprint density at radius 3 is 2.00 bits per heavy atom. The van der Waals surface area contributed by atoms with Gasteiger partial charge in [0.15, 0.2) is 0 Å². The number of carbonyl (C=O) groups is 2. The standard InChI is InChI=1S/C20H25N7O2/c1-16(28)24-6-12-27(13-7-24)20-22-14-17(15-23-20)19(29)26-10-8-25(9-11-26)18-4-2-3-5-21-18/h2-5,14-15H,6-13H2,1H3. The van der Waals surface area contributed by atoms with Crippen molar-refractivity contribution >= 4 is 23.6 Å². The average Bonchev–Trinajstić information content (AvgIpc) is 2.79. The third-order valence-electron chi connectivity index (χ3n) is 5.43. The van der Waals surface area contributed by atoms with E-state index >= 15 is 0 Å². The first-order valence-corrected chi connectivity index (χ1v) is 9.89. The van der Waals surface area contributed by atoms with E-state index in [1.54, 1.807) is 25.5 Å². The fourth-order valence-electron chi connectivity index (χ4n) is 3.68. The summed E-state index contributed by atoms with van der Waals surface area (Å²) in [6.07, 6.45) is 4.99. The molecule has 2 fully saturated rings. The van der Waals surface area contributed by atoms with Crippen LogP contribution in [-0.2, 0) is 4.79 Å². The summed E-state index contributed by atoms with van der Waals surface area (Å²) in [4.78, 5) is 45.3. The second-order valence-electron chi connectivity index (χ2n) is 7.23. The number of amides is 2. The largest absolute Gasteiger partial charge is 0.353 e. The van der Waals surface area contributed by atoms with Crippen LogP contribution in [0, 0.1) is 0 Å². The molecule has 9 nitrogen and oxygen atoms in total. The van der Waals surface area contributed by atoms with E-state index in [9.17, 15) is 9.59 Å². The predicted octanol–water partition coefficient (Wildman–Crippen LogP) is 0.503. The van der Waals surface area contributed by atoms with Gasteiger partial charge in [0.2, 0.25) is 11.9 Å². The SMILES string of the molecule is CC(=O)N1CCN(c2ncc(C(=O)N3CCN(c4ccccn4)CC3)cn2)CC1. The van der Waals surface area contributed by atoms with Gasteiger partial charge in [0, 0.05) is 77.9 Å². The molecule has 0 radical (unpaired) electrons. The molecule has 2 aromatic rings. The Kier molecular flexibility index (Phi) is 5.55. The first-order valence-electron chi connectivity index (χ1n) is 9.89. The van der Waals surface area contributed by atoms with E-state index in [0.717, 1.165) is 18.9 Å². The average molecular weight is 395 g/mol. The summed E-state index contributed by atoms with van der Waals surface area (Å²) in [5.74, 6) is 1.59. The third-order valence-corrected chi connectivity index (χ3v) is 5.43. The number of carbonyl (C=O) groups excluding carboxylic acids is 2. The van der Waals surface area contributed by atoms with Crippen molar-refractivity contribution in [3.63, 3.8) is 0 Å². The Morgan fingerprint density at radius 2 is 1.41 bits per heavy atom. The van der Waals surface area contributed by atoms with Gasteiger partial charge in [-0.05, 0) is 12.1 Å². The van der Waals surface area contributed by atoms with Crippen molar-refractivity contribution in [2.75, 3.05) is 62.2 Å². The van der Waals surface area contributed by atoms with Gasteiger partial charge in [-0.3, -0.25) is 9.59 Å². The van der Waals surface area contributed by atoms with Crippen LogP contribution in [0.2, 0.25) is 0 Å². The smallest absolute Gasteiger partial charge is 0.257 e. The summed E-state index contributed by atoms with van der Waals surface area (Å²) >= 11 is 0. The Balaban J connectivity index is 1.32. The van der Waals surface area contributed by atoms with E-state index in [0.29, 0.717) is 50.8 Å². The highest BCUT2D eigenvalue weighted by Gasteiger charge is 2.24. The number of nitrogens with zero attached hydrogens (tertiary/aromatic N) is 7. The lowest BCUT2D eigenvalue weighted by molar-refractivity contribution is -0.129. The molecule has 9 heteroatoms. The summed E-state index contributed by atoms with van der Waals surface area (Å²) in [6.45, 7) is 7.10. The van der Waals surface area contributed by atoms with Crippen LogP contribution in [0.5, 0.6) is 0 Å². The number of aromatic nitrogens is 3. The van der Waals surface area contributed by atoms with Gasteiger partial charge in [-0.1, -0.05) is 6.07 Å². The zero-order valence-electron chi connectivity index (χ0n) is 16.6. The Bertz CT molecular complexity index is 843. The molecule has 2 saturated heterocycles. The van der Waals surface area contributed by atoms with E-state index in [1.165, 1.54) is 0 Å². The van der Waals surface area contributed by atoms with Crippen molar-refractivity contribution in [2.45, 2.75) is 6.92 Å². The van der Waals surface area contributed by atoms with Gasteiger partial charge >= 0.3 is 0 Å². The van der Waals surface area contributed by atoms with Crippen LogP contribution >= 0.6 is 0 Å². The molecule has 0 unspecified atom stereocenters. The minimum absolute atomic E-state index is 0.0429. The highest BCUT2D eigenvalue weighted by molar-refractivity contribution is 5.93. The summed E-state index contributed by atoms with van der Waals surface area (Å²) < 4.78 is 0. The van der Waals surface area contributed by atoms with E-state index in [-0.39, 0.29) is 11.8 Å². The molecule has 2 aromatic heterocycles. The van der Waals surface area contributed by atoms with Crippen LogP contribution in [-0.4, -0.2) is 88.9 Å². The van der Waals surface area contributed by atoms with Crippen molar-refractivity contribution in [3.8, 4) is 0 Å². The van der Waals surface area contributed by atoms with Gasteiger partial charge in [-0.25, -0.2) is 15.0 Å². The molecule has 2 aliphatic heterocycles. The van der Waals surface area contributed by atoms with Crippen molar-refractivity contribution in [1.29, 1.82) is 0 Å². The maximum Gasteiger partial charge on any atom is 0.257 e. The fourth-order valence-corrected chi connectivity index (χ4v) is 3.68. The molecule has 2 aliphatic rings. The molecular weight excluding hydrogens is 370 g/mol. The first kappa shape index (κ1) is 19.1. The summed E-state index contributed by atoms with van der Waals surface area (Å²) in [7, 11) is 0. The number of hydrogen-bond donors (Lipinski definition) is 0. The lowest BCUT2D eigenvalue weighted by atomic mass is 10.2. The van der Waals surface area contributed by atoms with Gasteiger partial charge in [0.25, 0.3) is 5.91 Å². The lowest BCUT2D eigenvalue weighted by Gasteiger charge is -2.35. The quantitative estimate of drug-likeness (QED) is 0.748. The molecule has 0 aromatic carbocycles. The number of piperazine rings is 2. The number of hydrogen-bond acceptors (Lipinski definition) is 7. The topological polar surface area (TPSA) is 85.8 Å². The zero-order chi connectivity index (χ0) is 20.2. The minimum Gasteiger partial charge on any atom is -0.353 e. The number of rotatable bonds is 3. The Labute approximate surface area is 170 Å². The highest BCUT2D eigenvalue weighted by atomic mass is 16.2. The molecule has 0 bridgehead atoms. The maximum absolute atomic E-state index is 12.8. The van der Waals surface area contributed by atoms with Gasteiger partial charge in [-0.15, -0.1) is 0 Å². The highest BCUT2D eigenvalue weighted by Crippen LogP contribution is 2.15. The molecule has 0 saturated carbocycles. The summed E-state index contributed by atoms with van der Waals surface area (Å²) in [5.41, 5.74) is 0.502. The molecule has 4 heterocycles. The molecule has 0 atom stereocenters. The minimum atomic E-state index is -0.0429. The monoisotopic (exact) mass is 395 g/mol. The molecule has 152 valence electrons. The van der Waals surface area contributed by atoms with Crippen molar-refractivity contribution in [1.82, 2.24) is 24.8 Å². The van der Waals surface area contributed by atoms with Gasteiger partial charge in [-0.2, -0.15) is 0 Å². The van der Waals surface area contributed by atoms with Crippen LogP contribution < -0.4 is 9.80 Å². The molecule has 29 heavy (non-hydrogen) atoms.